The second-order valence-corrected chi connectivity index (χ2v) is 9.05. The number of benzene rings is 2. The molecule has 1 aliphatic rings. The molecule has 0 radical (unpaired) electrons. The van der Waals surface area contributed by atoms with Crippen LogP contribution in [0.15, 0.2) is 59.5 Å². The number of nitrogens with one attached hydrogen (secondary N) is 1. The van der Waals surface area contributed by atoms with E-state index in [2.05, 4.69) is 33.9 Å². The van der Waals surface area contributed by atoms with E-state index in [-0.39, 0.29) is 17.3 Å². The zero-order chi connectivity index (χ0) is 21.4. The lowest BCUT2D eigenvalue weighted by molar-refractivity contribution is 0.0638. The molecule has 0 atom stereocenters. The number of nitrogens with zero attached hydrogens (tertiary/aromatic N) is 2. The summed E-state index contributed by atoms with van der Waals surface area (Å²) in [4.78, 5) is 17.1. The summed E-state index contributed by atoms with van der Waals surface area (Å²) in [7, 11) is -2.09. The van der Waals surface area contributed by atoms with E-state index in [1.54, 1.807) is 12.1 Å². The van der Waals surface area contributed by atoms with Gasteiger partial charge in [-0.15, -0.1) is 0 Å². The van der Waals surface area contributed by atoms with Crippen LogP contribution in [-0.4, -0.2) is 77.1 Å². The fourth-order valence-corrected chi connectivity index (χ4v) is 4.44. The molecule has 1 N–H and O–H groups in total. The van der Waals surface area contributed by atoms with E-state index in [9.17, 15) is 13.2 Å². The quantitative estimate of drug-likeness (QED) is 0.611. The Morgan fingerprint density at radius 3 is 2.30 bits per heavy atom. The molecule has 0 aliphatic carbocycles. The van der Waals surface area contributed by atoms with Crippen molar-refractivity contribution >= 4 is 15.9 Å². The minimum atomic E-state index is -3.60. The summed E-state index contributed by atoms with van der Waals surface area (Å²) in [6.45, 7) is 4.51. The Hall–Kier alpha value is -2.26. The van der Waals surface area contributed by atoms with Crippen LogP contribution in [0.1, 0.15) is 15.9 Å². The number of amides is 1. The summed E-state index contributed by atoms with van der Waals surface area (Å²) < 4.78 is 31.8. The predicted octanol–water partition coefficient (Wildman–Crippen LogP) is 1.61. The highest BCUT2D eigenvalue weighted by Crippen LogP contribution is 2.14. The number of methoxy groups -OCH3 is 1. The fourth-order valence-electron chi connectivity index (χ4n) is 3.43. The number of carbonyl (C=O) groups is 1. The van der Waals surface area contributed by atoms with Gasteiger partial charge in [-0.25, -0.2) is 13.1 Å². The smallest absolute Gasteiger partial charge is 0.253 e. The van der Waals surface area contributed by atoms with E-state index < -0.39 is 10.0 Å². The Morgan fingerprint density at radius 1 is 1.00 bits per heavy atom. The molecule has 162 valence electrons. The van der Waals surface area contributed by atoms with Crippen LogP contribution in [0.2, 0.25) is 0 Å². The van der Waals surface area contributed by atoms with Gasteiger partial charge >= 0.3 is 0 Å². The molecule has 0 bridgehead atoms. The number of carbonyl (C=O) groups excluding carboxylic acids is 1. The molecule has 2 aromatic carbocycles. The number of ether oxygens (including phenoxy) is 1. The van der Waals surface area contributed by atoms with Gasteiger partial charge in [0.15, 0.2) is 0 Å². The highest BCUT2D eigenvalue weighted by atomic mass is 32.2. The van der Waals surface area contributed by atoms with Gasteiger partial charge in [-0.3, -0.25) is 9.69 Å². The van der Waals surface area contributed by atoms with Crippen LogP contribution < -0.4 is 4.72 Å². The Kier molecular flexibility index (Phi) is 7.98. The number of sulfonamides is 1. The van der Waals surface area contributed by atoms with Gasteiger partial charge in [0.05, 0.1) is 11.5 Å². The number of piperazine rings is 1. The Morgan fingerprint density at radius 2 is 1.67 bits per heavy atom. The van der Waals surface area contributed by atoms with Crippen LogP contribution in [0.3, 0.4) is 0 Å². The third-order valence-electron chi connectivity index (χ3n) is 5.23. The first-order valence-corrected chi connectivity index (χ1v) is 11.6. The maximum absolute atomic E-state index is 12.8. The molecule has 1 amide bonds. The first-order chi connectivity index (χ1) is 14.5. The van der Waals surface area contributed by atoms with Crippen LogP contribution in [0.5, 0.6) is 0 Å². The minimum absolute atomic E-state index is 0.0611. The van der Waals surface area contributed by atoms with Crippen molar-refractivity contribution < 1.29 is 17.9 Å². The van der Waals surface area contributed by atoms with Gasteiger partial charge in [0.1, 0.15) is 0 Å². The van der Waals surface area contributed by atoms with Crippen molar-refractivity contribution in [1.82, 2.24) is 14.5 Å². The van der Waals surface area contributed by atoms with Gasteiger partial charge in [-0.05, 0) is 36.2 Å². The summed E-state index contributed by atoms with van der Waals surface area (Å²) in [5.41, 5.74) is 1.83. The Balaban J connectivity index is 1.50. The Labute approximate surface area is 178 Å². The van der Waals surface area contributed by atoms with E-state index in [0.717, 1.165) is 26.1 Å². The molecular weight excluding hydrogens is 402 g/mol. The highest BCUT2D eigenvalue weighted by molar-refractivity contribution is 7.89. The normalized spacial score (nSPS) is 15.3. The average Bonchev–Trinajstić information content (AvgIpc) is 2.78. The monoisotopic (exact) mass is 431 g/mol. The minimum Gasteiger partial charge on any atom is -0.383 e. The van der Waals surface area contributed by atoms with Gasteiger partial charge in [0, 0.05) is 51.9 Å². The average molecular weight is 432 g/mol. The third-order valence-corrected chi connectivity index (χ3v) is 6.71. The van der Waals surface area contributed by atoms with Gasteiger partial charge < -0.3 is 9.64 Å². The van der Waals surface area contributed by atoms with Crippen molar-refractivity contribution in [2.75, 3.05) is 53.0 Å². The van der Waals surface area contributed by atoms with Crippen LogP contribution >= 0.6 is 0 Å². The van der Waals surface area contributed by atoms with Crippen LogP contribution in [0.4, 0.5) is 0 Å². The zero-order valence-electron chi connectivity index (χ0n) is 17.3. The predicted molar refractivity (Wildman–Crippen MR) is 116 cm³/mol. The molecule has 7 nitrogen and oxygen atoms in total. The van der Waals surface area contributed by atoms with E-state index >= 15 is 0 Å². The summed E-state index contributed by atoms with van der Waals surface area (Å²) >= 11 is 0. The number of hydrogen-bond donors (Lipinski definition) is 1. The standard InChI is InChI=1S/C22H29N3O4S/c1-29-18-12-23-30(27,28)21-9-7-20(8-10-21)22(26)25-16-14-24(15-17-25)13-11-19-5-3-2-4-6-19/h2-10,23H,11-18H2,1H3. The van der Waals surface area contributed by atoms with E-state index in [0.29, 0.717) is 25.3 Å². The van der Waals surface area contributed by atoms with E-state index in [1.165, 1.54) is 24.8 Å². The lowest BCUT2D eigenvalue weighted by atomic mass is 10.1. The molecule has 0 unspecified atom stereocenters. The van der Waals surface area contributed by atoms with Crippen molar-refractivity contribution in [3.8, 4) is 0 Å². The molecular formula is C22H29N3O4S. The molecule has 3 rings (SSSR count). The van der Waals surface area contributed by atoms with Gasteiger partial charge in [-0.2, -0.15) is 0 Å². The fraction of sp³-hybridized carbons (Fsp3) is 0.409. The first-order valence-electron chi connectivity index (χ1n) is 10.1. The molecule has 0 aromatic heterocycles. The summed E-state index contributed by atoms with van der Waals surface area (Å²) in [5.74, 6) is -0.0611. The first kappa shape index (κ1) is 22.4. The van der Waals surface area contributed by atoms with Crippen molar-refractivity contribution in [2.45, 2.75) is 11.3 Å². The molecule has 1 heterocycles. The van der Waals surface area contributed by atoms with Crippen molar-refractivity contribution in [3.05, 3.63) is 65.7 Å². The summed E-state index contributed by atoms with van der Waals surface area (Å²) in [6, 6.07) is 16.5. The molecule has 2 aromatic rings. The Bertz CT molecular complexity index is 909. The lowest BCUT2D eigenvalue weighted by Crippen LogP contribution is -2.49. The molecule has 8 heteroatoms. The summed E-state index contributed by atoms with van der Waals surface area (Å²) in [5, 5.41) is 0. The van der Waals surface area contributed by atoms with Crippen LogP contribution in [0.25, 0.3) is 0 Å². The van der Waals surface area contributed by atoms with Crippen molar-refractivity contribution in [1.29, 1.82) is 0 Å². The van der Waals surface area contributed by atoms with E-state index in [1.807, 2.05) is 11.0 Å². The topological polar surface area (TPSA) is 78.9 Å². The van der Waals surface area contributed by atoms with Crippen molar-refractivity contribution in [3.63, 3.8) is 0 Å². The molecule has 0 spiro atoms. The van der Waals surface area contributed by atoms with Gasteiger partial charge in [0.25, 0.3) is 5.91 Å². The lowest BCUT2D eigenvalue weighted by Gasteiger charge is -2.34. The number of hydrogen-bond acceptors (Lipinski definition) is 5. The maximum atomic E-state index is 12.8. The molecule has 1 aliphatic heterocycles. The second-order valence-electron chi connectivity index (χ2n) is 7.28. The number of rotatable bonds is 9. The SMILES string of the molecule is COCCNS(=O)(=O)c1ccc(C(=O)N2CCN(CCc3ccccc3)CC2)cc1. The molecule has 0 saturated carbocycles. The van der Waals surface area contributed by atoms with Gasteiger partial charge in [-0.1, -0.05) is 30.3 Å². The van der Waals surface area contributed by atoms with Crippen molar-refractivity contribution in [2.24, 2.45) is 0 Å². The summed E-state index contributed by atoms with van der Waals surface area (Å²) in [6.07, 6.45) is 1.00. The van der Waals surface area contributed by atoms with Crippen LogP contribution in [0, 0.1) is 0 Å². The van der Waals surface area contributed by atoms with E-state index in [4.69, 9.17) is 4.74 Å². The zero-order valence-corrected chi connectivity index (χ0v) is 18.1. The molecule has 1 fully saturated rings. The van der Waals surface area contributed by atoms with Crippen LogP contribution in [-0.2, 0) is 21.2 Å². The second kappa shape index (κ2) is 10.7. The largest absolute Gasteiger partial charge is 0.383 e. The third kappa shape index (κ3) is 6.12. The maximum Gasteiger partial charge on any atom is 0.253 e. The molecule has 30 heavy (non-hydrogen) atoms. The van der Waals surface area contributed by atoms with Gasteiger partial charge in [0.2, 0.25) is 10.0 Å². The molecule has 1 saturated heterocycles. The highest BCUT2D eigenvalue weighted by Gasteiger charge is 2.22.